The molecule has 1 rings (SSSR count). The van der Waals surface area contributed by atoms with Crippen LogP contribution < -0.4 is 5.73 Å². The molecule has 0 aromatic heterocycles. The maximum Gasteiger partial charge on any atom is 0.0184 e. The Morgan fingerprint density at radius 2 is 1.67 bits per heavy atom. The highest BCUT2D eigenvalue weighted by molar-refractivity contribution is 5.03. The van der Waals surface area contributed by atoms with Crippen LogP contribution in [0.1, 0.15) is 33.6 Å². The Hall–Kier alpha value is -0.0400. The number of nitrogens with two attached hydrogens (primary N) is 1. The van der Waals surface area contributed by atoms with Crippen molar-refractivity contribution in [2.75, 3.05) is 0 Å². The van der Waals surface area contributed by atoms with Crippen LogP contribution in [-0.4, -0.2) is 5.54 Å². The SMILES string of the molecule is CC(C)C(C)C1(N)CC1. The monoisotopic (exact) mass is 127 g/mol. The van der Waals surface area contributed by atoms with Crippen molar-refractivity contribution in [2.45, 2.75) is 39.2 Å². The van der Waals surface area contributed by atoms with E-state index < -0.39 is 0 Å². The van der Waals surface area contributed by atoms with E-state index in [9.17, 15) is 0 Å². The predicted molar refractivity (Wildman–Crippen MR) is 40.2 cm³/mol. The molecule has 1 unspecified atom stereocenters. The van der Waals surface area contributed by atoms with Crippen LogP contribution in [0.3, 0.4) is 0 Å². The van der Waals surface area contributed by atoms with Crippen molar-refractivity contribution in [3.63, 3.8) is 0 Å². The van der Waals surface area contributed by atoms with Gasteiger partial charge in [0.15, 0.2) is 0 Å². The zero-order chi connectivity index (χ0) is 7.07. The van der Waals surface area contributed by atoms with Gasteiger partial charge in [-0.25, -0.2) is 0 Å². The van der Waals surface area contributed by atoms with Gasteiger partial charge in [-0.05, 0) is 24.7 Å². The molecule has 0 heterocycles. The fourth-order valence-electron chi connectivity index (χ4n) is 1.26. The lowest BCUT2D eigenvalue weighted by atomic mass is 9.89. The smallest absolute Gasteiger partial charge is 0.0184 e. The molecule has 9 heavy (non-hydrogen) atoms. The molecule has 0 saturated heterocycles. The zero-order valence-corrected chi connectivity index (χ0v) is 6.65. The lowest BCUT2D eigenvalue weighted by Crippen LogP contribution is -2.33. The Morgan fingerprint density at radius 3 is 1.78 bits per heavy atom. The predicted octanol–water partition coefficient (Wildman–Crippen LogP) is 1.77. The summed E-state index contributed by atoms with van der Waals surface area (Å²) in [4.78, 5) is 0. The molecule has 1 fully saturated rings. The minimum absolute atomic E-state index is 0.230. The lowest BCUT2D eigenvalue weighted by molar-refractivity contribution is 0.331. The van der Waals surface area contributed by atoms with E-state index >= 15 is 0 Å². The minimum atomic E-state index is 0.230. The van der Waals surface area contributed by atoms with Crippen molar-refractivity contribution in [3.05, 3.63) is 0 Å². The molecule has 1 atom stereocenters. The van der Waals surface area contributed by atoms with Crippen molar-refractivity contribution < 1.29 is 0 Å². The molecule has 0 radical (unpaired) electrons. The van der Waals surface area contributed by atoms with Gasteiger partial charge in [0.1, 0.15) is 0 Å². The average Bonchev–Trinajstić information content (AvgIpc) is 2.47. The number of hydrogen-bond acceptors (Lipinski definition) is 1. The largest absolute Gasteiger partial charge is 0.325 e. The van der Waals surface area contributed by atoms with E-state index in [1.54, 1.807) is 0 Å². The third-order valence-electron chi connectivity index (χ3n) is 2.73. The third-order valence-corrected chi connectivity index (χ3v) is 2.73. The number of hydrogen-bond donors (Lipinski definition) is 1. The summed E-state index contributed by atoms with van der Waals surface area (Å²) in [6.07, 6.45) is 2.48. The average molecular weight is 127 g/mol. The third kappa shape index (κ3) is 1.26. The number of rotatable bonds is 2. The molecule has 2 N–H and O–H groups in total. The van der Waals surface area contributed by atoms with Crippen LogP contribution in [0.15, 0.2) is 0 Å². The highest BCUT2D eigenvalue weighted by atomic mass is 14.8. The summed E-state index contributed by atoms with van der Waals surface area (Å²) < 4.78 is 0. The molecule has 0 aromatic rings. The maximum absolute atomic E-state index is 5.99. The van der Waals surface area contributed by atoms with Gasteiger partial charge in [0, 0.05) is 5.54 Å². The summed E-state index contributed by atoms with van der Waals surface area (Å²) in [5.41, 5.74) is 6.22. The molecule has 0 spiro atoms. The standard InChI is InChI=1S/C8H17N/c1-6(2)7(3)8(9)4-5-8/h6-7H,4-5,9H2,1-3H3. The summed E-state index contributed by atoms with van der Waals surface area (Å²) in [5, 5.41) is 0. The van der Waals surface area contributed by atoms with E-state index in [1.165, 1.54) is 12.8 Å². The molecule has 0 amide bonds. The van der Waals surface area contributed by atoms with Gasteiger partial charge in [-0.1, -0.05) is 20.8 Å². The van der Waals surface area contributed by atoms with Gasteiger partial charge in [-0.15, -0.1) is 0 Å². The van der Waals surface area contributed by atoms with Gasteiger partial charge in [-0.3, -0.25) is 0 Å². The van der Waals surface area contributed by atoms with E-state index in [2.05, 4.69) is 20.8 Å². The first-order chi connectivity index (χ1) is 4.06. The molecule has 1 heteroatoms. The Morgan fingerprint density at radius 1 is 1.22 bits per heavy atom. The van der Waals surface area contributed by atoms with Gasteiger partial charge < -0.3 is 5.73 Å². The van der Waals surface area contributed by atoms with Crippen molar-refractivity contribution in [1.82, 2.24) is 0 Å². The van der Waals surface area contributed by atoms with E-state index in [1.807, 2.05) is 0 Å². The molecule has 1 nitrogen and oxygen atoms in total. The van der Waals surface area contributed by atoms with Gasteiger partial charge in [0.25, 0.3) is 0 Å². The first-order valence-corrected chi connectivity index (χ1v) is 3.85. The second-order valence-corrected chi connectivity index (χ2v) is 3.77. The summed E-state index contributed by atoms with van der Waals surface area (Å²) in [7, 11) is 0. The second-order valence-electron chi connectivity index (χ2n) is 3.77. The highest BCUT2D eigenvalue weighted by Gasteiger charge is 2.44. The zero-order valence-electron chi connectivity index (χ0n) is 6.65. The Balaban J connectivity index is 2.42. The van der Waals surface area contributed by atoms with Crippen LogP contribution in [-0.2, 0) is 0 Å². The fourth-order valence-corrected chi connectivity index (χ4v) is 1.26. The van der Waals surface area contributed by atoms with Crippen molar-refractivity contribution >= 4 is 0 Å². The van der Waals surface area contributed by atoms with Crippen LogP contribution in [0, 0.1) is 11.8 Å². The van der Waals surface area contributed by atoms with Crippen LogP contribution in [0.5, 0.6) is 0 Å². The van der Waals surface area contributed by atoms with Crippen LogP contribution in [0.4, 0.5) is 0 Å². The second kappa shape index (κ2) is 1.98. The van der Waals surface area contributed by atoms with E-state index in [-0.39, 0.29) is 5.54 Å². The van der Waals surface area contributed by atoms with Gasteiger partial charge in [0.05, 0.1) is 0 Å². The summed E-state index contributed by atoms with van der Waals surface area (Å²) in [6, 6.07) is 0. The van der Waals surface area contributed by atoms with Gasteiger partial charge >= 0.3 is 0 Å². The normalized spacial score (nSPS) is 26.3. The molecule has 0 bridgehead atoms. The Labute approximate surface area is 57.6 Å². The summed E-state index contributed by atoms with van der Waals surface area (Å²) in [5.74, 6) is 1.45. The molecule has 0 aliphatic heterocycles. The lowest BCUT2D eigenvalue weighted by Gasteiger charge is -2.22. The van der Waals surface area contributed by atoms with Crippen LogP contribution in [0.25, 0.3) is 0 Å². The topological polar surface area (TPSA) is 26.0 Å². The van der Waals surface area contributed by atoms with E-state index in [4.69, 9.17) is 5.73 Å². The van der Waals surface area contributed by atoms with Crippen LogP contribution >= 0.6 is 0 Å². The van der Waals surface area contributed by atoms with Crippen LogP contribution in [0.2, 0.25) is 0 Å². The highest BCUT2D eigenvalue weighted by Crippen LogP contribution is 2.42. The van der Waals surface area contributed by atoms with Crippen molar-refractivity contribution in [1.29, 1.82) is 0 Å². The van der Waals surface area contributed by atoms with Crippen molar-refractivity contribution in [3.8, 4) is 0 Å². The first-order valence-electron chi connectivity index (χ1n) is 3.85. The molecular weight excluding hydrogens is 110 g/mol. The summed E-state index contributed by atoms with van der Waals surface area (Å²) >= 11 is 0. The molecule has 1 aliphatic rings. The molecule has 1 saturated carbocycles. The molecule has 0 aromatic carbocycles. The first kappa shape index (κ1) is 7.07. The molecule has 1 aliphatic carbocycles. The van der Waals surface area contributed by atoms with E-state index in [0.29, 0.717) is 5.92 Å². The Bertz CT molecular complexity index is 103. The molecular formula is C8H17N. The Kier molecular flexibility index (Phi) is 1.55. The summed E-state index contributed by atoms with van der Waals surface area (Å²) in [6.45, 7) is 6.76. The fraction of sp³-hybridized carbons (Fsp3) is 1.00. The minimum Gasteiger partial charge on any atom is -0.325 e. The maximum atomic E-state index is 5.99. The van der Waals surface area contributed by atoms with E-state index in [0.717, 1.165) is 5.92 Å². The van der Waals surface area contributed by atoms with Gasteiger partial charge in [-0.2, -0.15) is 0 Å². The van der Waals surface area contributed by atoms with Crippen molar-refractivity contribution in [2.24, 2.45) is 17.6 Å². The quantitative estimate of drug-likeness (QED) is 0.601. The van der Waals surface area contributed by atoms with Gasteiger partial charge in [0.2, 0.25) is 0 Å². The molecule has 54 valence electrons.